The molecule has 0 N–H and O–H groups in total. The summed E-state index contributed by atoms with van der Waals surface area (Å²) in [5.74, 6) is 0. The van der Waals surface area contributed by atoms with E-state index in [1.807, 2.05) is 18.2 Å². The van der Waals surface area contributed by atoms with Crippen LogP contribution in [-0.2, 0) is 0 Å². The minimum Gasteiger partial charge on any atom is -0.191 e. The molecule has 2 aromatic carbocycles. The van der Waals surface area contributed by atoms with E-state index in [-0.39, 0.29) is 0 Å². The van der Waals surface area contributed by atoms with Gasteiger partial charge in [-0.1, -0.05) is 48.0 Å². The number of nitrogens with zero attached hydrogens (tertiary/aromatic N) is 2. The topological polar surface area (TPSA) is 16.8 Å². The largest absolute Gasteiger partial charge is 0.364 e. The van der Waals surface area contributed by atoms with Gasteiger partial charge in [0.25, 0.3) is 0 Å². The first-order valence-corrected chi connectivity index (χ1v) is 8.09. The van der Waals surface area contributed by atoms with E-state index in [9.17, 15) is 0 Å². The summed E-state index contributed by atoms with van der Waals surface area (Å²) in [6, 6.07) is 20.8. The van der Waals surface area contributed by atoms with E-state index in [1.54, 1.807) is 11.8 Å². The highest BCUT2D eigenvalue weighted by molar-refractivity contribution is 7.98. The Hall–Kier alpha value is -2.13. The second-order valence-electron chi connectivity index (χ2n) is 4.87. The maximum absolute atomic E-state index is 4.79. The molecular weight excluding hydrogens is 276 g/mol. The first kappa shape index (κ1) is 13.8. The molecule has 0 spiro atoms. The molecule has 0 aliphatic rings. The molecular formula is C18H17N2S+. The summed E-state index contributed by atoms with van der Waals surface area (Å²) in [5.41, 5.74) is 4.55. The van der Waals surface area contributed by atoms with E-state index in [0.717, 1.165) is 22.1 Å². The Labute approximate surface area is 129 Å². The summed E-state index contributed by atoms with van der Waals surface area (Å²) in [6.07, 6.45) is 4.14. The van der Waals surface area contributed by atoms with Gasteiger partial charge in [0.15, 0.2) is 5.69 Å². The quantitative estimate of drug-likeness (QED) is 0.411. The van der Waals surface area contributed by atoms with Crippen LogP contribution in [0.5, 0.6) is 0 Å². The van der Waals surface area contributed by atoms with Crippen molar-refractivity contribution in [3.05, 3.63) is 72.4 Å². The molecule has 104 valence electrons. The summed E-state index contributed by atoms with van der Waals surface area (Å²) < 4.78 is 2.11. The number of thioether (sulfide) groups is 1. The molecule has 0 atom stereocenters. The lowest BCUT2D eigenvalue weighted by atomic mass is 10.1. The molecule has 0 fully saturated rings. The number of aromatic nitrogens is 2. The molecule has 0 amide bonds. The highest BCUT2D eigenvalue weighted by Crippen LogP contribution is 2.19. The van der Waals surface area contributed by atoms with Crippen LogP contribution in [0.4, 0.5) is 0 Å². The molecule has 21 heavy (non-hydrogen) atoms. The maximum Gasteiger partial charge on any atom is 0.364 e. The third kappa shape index (κ3) is 2.98. The number of hydrogen-bond acceptors (Lipinski definition) is 2. The average Bonchev–Trinajstić information content (AvgIpc) is 2.56. The highest BCUT2D eigenvalue weighted by atomic mass is 32.2. The summed E-state index contributed by atoms with van der Waals surface area (Å²) in [7, 11) is 0. The predicted octanol–water partition coefficient (Wildman–Crippen LogP) is 4.06. The molecule has 1 aromatic heterocycles. The van der Waals surface area contributed by atoms with Crippen molar-refractivity contribution in [1.82, 2.24) is 4.98 Å². The molecule has 0 unspecified atom stereocenters. The van der Waals surface area contributed by atoms with Crippen molar-refractivity contribution in [2.75, 3.05) is 6.26 Å². The number of para-hydroxylation sites is 1. The minimum absolute atomic E-state index is 0.985. The van der Waals surface area contributed by atoms with Crippen molar-refractivity contribution in [1.29, 1.82) is 0 Å². The van der Waals surface area contributed by atoms with E-state index in [0.29, 0.717) is 0 Å². The Kier molecular flexibility index (Phi) is 4.02. The third-order valence-corrected chi connectivity index (χ3v) is 4.02. The Morgan fingerprint density at radius 2 is 1.62 bits per heavy atom. The molecule has 3 heteroatoms. The van der Waals surface area contributed by atoms with Crippen LogP contribution in [0.15, 0.2) is 72.0 Å². The van der Waals surface area contributed by atoms with Gasteiger partial charge in [0.1, 0.15) is 11.9 Å². The van der Waals surface area contributed by atoms with E-state index < -0.39 is 0 Å². The summed E-state index contributed by atoms with van der Waals surface area (Å²) >= 11 is 1.65. The van der Waals surface area contributed by atoms with Crippen LogP contribution in [0.3, 0.4) is 0 Å². The fourth-order valence-corrected chi connectivity index (χ4v) is 2.77. The number of aryl methyl sites for hydroxylation is 1. The van der Waals surface area contributed by atoms with E-state index in [1.165, 1.54) is 5.56 Å². The van der Waals surface area contributed by atoms with Crippen LogP contribution in [0.2, 0.25) is 0 Å². The van der Waals surface area contributed by atoms with Crippen molar-refractivity contribution in [3.63, 3.8) is 0 Å². The van der Waals surface area contributed by atoms with Crippen LogP contribution in [-0.4, -0.2) is 11.2 Å². The van der Waals surface area contributed by atoms with Crippen molar-refractivity contribution < 1.29 is 4.57 Å². The van der Waals surface area contributed by atoms with Crippen LogP contribution >= 0.6 is 11.8 Å². The lowest BCUT2D eigenvalue weighted by Gasteiger charge is -2.03. The van der Waals surface area contributed by atoms with Crippen LogP contribution in [0.1, 0.15) is 5.56 Å². The molecule has 0 bridgehead atoms. The van der Waals surface area contributed by atoms with Gasteiger partial charge in [-0.05, 0) is 42.1 Å². The molecule has 3 aromatic rings. The fourth-order valence-electron chi connectivity index (χ4n) is 2.22. The summed E-state index contributed by atoms with van der Waals surface area (Å²) in [5, 5.41) is 0.985. The standard InChI is InChI=1S/C18H17N2S/c1-14-8-10-15(11-9-14)17-12-13-20(18(19-17)21-2)16-6-4-3-5-7-16/h3-13H,1-2H3/q+1. The summed E-state index contributed by atoms with van der Waals surface area (Å²) in [4.78, 5) is 4.79. The Morgan fingerprint density at radius 1 is 0.905 bits per heavy atom. The third-order valence-electron chi connectivity index (χ3n) is 3.37. The zero-order valence-corrected chi connectivity index (χ0v) is 13.0. The Morgan fingerprint density at radius 3 is 2.29 bits per heavy atom. The van der Waals surface area contributed by atoms with Gasteiger partial charge in [-0.15, -0.1) is 0 Å². The van der Waals surface area contributed by atoms with Gasteiger partial charge >= 0.3 is 5.16 Å². The van der Waals surface area contributed by atoms with Gasteiger partial charge in [-0.2, -0.15) is 4.57 Å². The van der Waals surface area contributed by atoms with Gasteiger partial charge in [-0.3, -0.25) is 0 Å². The first-order valence-electron chi connectivity index (χ1n) is 6.87. The molecule has 0 aliphatic carbocycles. The van der Waals surface area contributed by atoms with Crippen LogP contribution in [0, 0.1) is 6.92 Å². The number of rotatable bonds is 3. The highest BCUT2D eigenvalue weighted by Gasteiger charge is 2.16. The lowest BCUT2D eigenvalue weighted by molar-refractivity contribution is -0.640. The smallest absolute Gasteiger partial charge is 0.191 e. The molecule has 1 heterocycles. The first-order chi connectivity index (χ1) is 10.3. The number of benzene rings is 2. The zero-order chi connectivity index (χ0) is 14.7. The molecule has 0 radical (unpaired) electrons. The van der Waals surface area contributed by atoms with Gasteiger partial charge in [0, 0.05) is 11.6 Å². The fraction of sp³-hybridized carbons (Fsp3) is 0.111. The van der Waals surface area contributed by atoms with Gasteiger partial charge in [0.05, 0.1) is 0 Å². The summed E-state index contributed by atoms with van der Waals surface area (Å²) in [6.45, 7) is 2.10. The zero-order valence-electron chi connectivity index (χ0n) is 12.2. The molecule has 0 aliphatic heterocycles. The lowest BCUT2D eigenvalue weighted by Crippen LogP contribution is -2.33. The van der Waals surface area contributed by atoms with E-state index >= 15 is 0 Å². The van der Waals surface area contributed by atoms with Crippen molar-refractivity contribution in [2.24, 2.45) is 0 Å². The Bertz CT molecular complexity index is 737. The van der Waals surface area contributed by atoms with Crippen LogP contribution < -0.4 is 4.57 Å². The predicted molar refractivity (Wildman–Crippen MR) is 87.7 cm³/mol. The van der Waals surface area contributed by atoms with Crippen molar-refractivity contribution in [2.45, 2.75) is 12.1 Å². The second kappa shape index (κ2) is 6.10. The molecule has 0 saturated heterocycles. The van der Waals surface area contributed by atoms with Crippen LogP contribution in [0.25, 0.3) is 16.9 Å². The molecule has 0 saturated carbocycles. The van der Waals surface area contributed by atoms with Gasteiger partial charge < -0.3 is 0 Å². The molecule has 3 rings (SSSR count). The van der Waals surface area contributed by atoms with Crippen molar-refractivity contribution in [3.8, 4) is 16.9 Å². The average molecular weight is 293 g/mol. The second-order valence-corrected chi connectivity index (χ2v) is 5.64. The van der Waals surface area contributed by atoms with Gasteiger partial charge in [0.2, 0.25) is 0 Å². The Balaban J connectivity index is 2.05. The minimum atomic E-state index is 0.985. The normalized spacial score (nSPS) is 10.6. The maximum atomic E-state index is 4.79. The van der Waals surface area contributed by atoms with Crippen molar-refractivity contribution >= 4 is 11.8 Å². The van der Waals surface area contributed by atoms with Gasteiger partial charge in [-0.25, -0.2) is 0 Å². The van der Waals surface area contributed by atoms with E-state index in [2.05, 4.69) is 66.4 Å². The SMILES string of the molecule is CSc1nc(-c2ccc(C)cc2)cc[n+]1-c1ccccc1. The monoisotopic (exact) mass is 293 g/mol. The number of hydrogen-bond donors (Lipinski definition) is 0. The molecule has 2 nitrogen and oxygen atoms in total. The van der Waals surface area contributed by atoms with E-state index in [4.69, 9.17) is 4.98 Å².